The van der Waals surface area contributed by atoms with Crippen LogP contribution in [0.4, 0.5) is 0 Å². The fourth-order valence-electron chi connectivity index (χ4n) is 7.36. The Kier molecular flexibility index (Phi) is 48.6. The van der Waals surface area contributed by atoms with Crippen molar-refractivity contribution in [2.45, 2.75) is 219 Å². The minimum Gasteiger partial charge on any atom is -0.756 e. The SMILES string of the molecule is CC/C=C\C/C=C\C/C=C\C/C=C\C/C=C\C/C=C\C/C=C\C/C=C\C/C=C\C/C=C\CCCCCCC(=O)NC(COP(=O)([O-])OCC[N+](C)(C)C)C(O)CCCCCCCCCCCCCCC. The highest BCUT2D eigenvalue weighted by atomic mass is 31.2. The Morgan fingerprint density at radius 2 is 0.871 bits per heavy atom. The number of aliphatic hydroxyl groups excluding tert-OH is 1. The summed E-state index contributed by atoms with van der Waals surface area (Å²) in [5.74, 6) is -0.195. The lowest BCUT2D eigenvalue weighted by Gasteiger charge is -2.30. The summed E-state index contributed by atoms with van der Waals surface area (Å²) in [5, 5.41) is 13.9. The van der Waals surface area contributed by atoms with Crippen LogP contribution in [-0.4, -0.2) is 68.5 Å². The molecule has 8 nitrogen and oxygen atoms in total. The van der Waals surface area contributed by atoms with Crippen molar-refractivity contribution in [3.8, 4) is 0 Å². The van der Waals surface area contributed by atoms with E-state index in [4.69, 9.17) is 9.05 Å². The van der Waals surface area contributed by atoms with E-state index in [1.807, 2.05) is 21.1 Å². The number of quaternary nitrogens is 1. The number of phosphoric ester groups is 1. The highest BCUT2D eigenvalue weighted by Gasteiger charge is 2.24. The van der Waals surface area contributed by atoms with Gasteiger partial charge >= 0.3 is 0 Å². The lowest BCUT2D eigenvalue weighted by atomic mass is 10.0. The molecule has 0 bridgehead atoms. The standard InChI is InChI=1S/C61H105N2O6P/c1-6-8-10-12-14-16-18-20-21-22-23-24-25-26-27-28-29-30-31-32-33-34-35-36-37-38-39-40-41-43-45-47-49-51-53-55-61(65)62-59(58-69-70(66,67)68-57-56-63(3,4)5)60(64)54-52-50-48-46-44-42-19-17-15-13-11-9-7-2/h8,10,14,16,20-21,23-24,26-27,29-30,32-33,35-36,38-39,41,43,59-60,64H,6-7,9,11-13,15,17-19,22,25,28,31,34,37,40,42,44-58H2,1-5H3,(H-,62,65,66,67)/b10-8-,16-14-,21-20-,24-23-,27-26-,30-29-,33-32-,36-35-,39-38-,43-41-. The number of unbranched alkanes of at least 4 members (excludes halogenated alkanes) is 16. The first kappa shape index (κ1) is 66.9. The van der Waals surface area contributed by atoms with Crippen LogP contribution < -0.4 is 10.2 Å². The molecule has 0 aromatic rings. The maximum atomic E-state index is 12.9. The topological polar surface area (TPSA) is 108 Å². The van der Waals surface area contributed by atoms with Crippen LogP contribution in [0, 0.1) is 0 Å². The molecule has 3 unspecified atom stereocenters. The third-order valence-corrected chi connectivity index (χ3v) is 12.7. The summed E-state index contributed by atoms with van der Waals surface area (Å²) in [6, 6.07) is -0.823. The summed E-state index contributed by atoms with van der Waals surface area (Å²) in [4.78, 5) is 25.4. The van der Waals surface area contributed by atoms with E-state index in [9.17, 15) is 19.4 Å². The Morgan fingerprint density at radius 3 is 1.27 bits per heavy atom. The van der Waals surface area contributed by atoms with E-state index >= 15 is 0 Å². The van der Waals surface area contributed by atoms with Gasteiger partial charge in [-0.25, -0.2) is 0 Å². The smallest absolute Gasteiger partial charge is 0.268 e. The van der Waals surface area contributed by atoms with Gasteiger partial charge < -0.3 is 28.8 Å². The fraction of sp³-hybridized carbons (Fsp3) is 0.656. The number of aliphatic hydroxyl groups is 1. The number of phosphoric acid groups is 1. The zero-order valence-corrected chi connectivity index (χ0v) is 46.3. The average molecular weight is 993 g/mol. The summed E-state index contributed by atoms with van der Waals surface area (Å²) in [5.41, 5.74) is 0. The molecule has 0 aliphatic heterocycles. The van der Waals surface area contributed by atoms with Crippen LogP contribution in [0.3, 0.4) is 0 Å². The van der Waals surface area contributed by atoms with Crippen molar-refractivity contribution < 1.29 is 32.9 Å². The number of rotatable bonds is 49. The highest BCUT2D eigenvalue weighted by molar-refractivity contribution is 7.45. The number of nitrogens with one attached hydrogen (secondary N) is 1. The number of hydrogen-bond donors (Lipinski definition) is 2. The summed E-state index contributed by atoms with van der Waals surface area (Å²) in [6.45, 7) is 4.56. The first-order valence-electron chi connectivity index (χ1n) is 27.9. The maximum absolute atomic E-state index is 12.9. The number of nitrogens with zero attached hydrogens (tertiary/aromatic N) is 1. The van der Waals surface area contributed by atoms with Crippen LogP contribution in [0.1, 0.15) is 206 Å². The predicted molar refractivity (Wildman–Crippen MR) is 302 cm³/mol. The monoisotopic (exact) mass is 993 g/mol. The number of likely N-dealkylation sites (N-methyl/N-ethyl adjacent to an activating group) is 1. The van der Waals surface area contributed by atoms with Crippen molar-refractivity contribution >= 4 is 13.7 Å². The number of hydrogen-bond acceptors (Lipinski definition) is 6. The van der Waals surface area contributed by atoms with Crippen molar-refractivity contribution in [1.82, 2.24) is 5.32 Å². The molecule has 1 amide bonds. The number of carbonyl (C=O) groups is 1. The van der Waals surface area contributed by atoms with Gasteiger partial charge in [0.15, 0.2) is 0 Å². The Morgan fingerprint density at radius 1 is 0.514 bits per heavy atom. The van der Waals surface area contributed by atoms with Gasteiger partial charge in [-0.15, -0.1) is 0 Å². The van der Waals surface area contributed by atoms with Gasteiger partial charge in [0.05, 0.1) is 39.9 Å². The minimum absolute atomic E-state index is 0.000260. The number of amides is 1. The summed E-state index contributed by atoms with van der Waals surface area (Å²) < 4.78 is 23.3. The number of allylic oxidation sites excluding steroid dienone is 20. The molecular formula is C61H105N2O6P. The molecule has 0 fully saturated rings. The van der Waals surface area contributed by atoms with E-state index in [1.165, 1.54) is 64.2 Å². The minimum atomic E-state index is -4.58. The second-order valence-electron chi connectivity index (χ2n) is 19.6. The molecule has 0 spiro atoms. The molecule has 0 aliphatic carbocycles. The molecule has 0 aliphatic rings. The van der Waals surface area contributed by atoms with Crippen LogP contribution >= 0.6 is 7.82 Å². The third-order valence-electron chi connectivity index (χ3n) is 11.7. The predicted octanol–water partition coefficient (Wildman–Crippen LogP) is 16.3. The molecule has 0 radical (unpaired) electrons. The maximum Gasteiger partial charge on any atom is 0.268 e. The van der Waals surface area contributed by atoms with Crippen molar-refractivity contribution in [3.05, 3.63) is 122 Å². The van der Waals surface area contributed by atoms with Gasteiger partial charge in [-0.1, -0.05) is 232 Å². The molecule has 0 aromatic heterocycles. The molecular weight excluding hydrogens is 888 g/mol. The zero-order chi connectivity index (χ0) is 51.3. The Bertz CT molecular complexity index is 1550. The van der Waals surface area contributed by atoms with Crippen molar-refractivity contribution in [2.75, 3.05) is 40.9 Å². The van der Waals surface area contributed by atoms with Gasteiger partial charge in [0.25, 0.3) is 7.82 Å². The van der Waals surface area contributed by atoms with E-state index in [-0.39, 0.29) is 19.1 Å². The van der Waals surface area contributed by atoms with E-state index in [1.54, 1.807) is 0 Å². The van der Waals surface area contributed by atoms with E-state index < -0.39 is 20.0 Å². The van der Waals surface area contributed by atoms with Crippen molar-refractivity contribution in [2.24, 2.45) is 0 Å². The second-order valence-corrected chi connectivity index (χ2v) is 21.0. The molecule has 9 heteroatoms. The number of carbonyl (C=O) groups excluding carboxylic acids is 1. The lowest BCUT2D eigenvalue weighted by molar-refractivity contribution is -0.870. The van der Waals surface area contributed by atoms with Gasteiger partial charge in [0.1, 0.15) is 13.2 Å². The summed E-state index contributed by atoms with van der Waals surface area (Å²) in [6.07, 6.45) is 75.1. The van der Waals surface area contributed by atoms with Crippen LogP contribution in [0.15, 0.2) is 122 Å². The second kappa shape index (κ2) is 50.8. The molecule has 2 N–H and O–H groups in total. The molecule has 400 valence electrons. The van der Waals surface area contributed by atoms with Gasteiger partial charge in [-0.2, -0.15) is 0 Å². The highest BCUT2D eigenvalue weighted by Crippen LogP contribution is 2.38. The molecule has 0 heterocycles. The molecule has 3 atom stereocenters. The van der Waals surface area contributed by atoms with Crippen molar-refractivity contribution in [1.29, 1.82) is 0 Å². The molecule has 0 saturated heterocycles. The molecule has 0 rings (SSSR count). The summed E-state index contributed by atoms with van der Waals surface area (Å²) in [7, 11) is 1.27. The largest absolute Gasteiger partial charge is 0.756 e. The quantitative estimate of drug-likeness (QED) is 0.0272. The van der Waals surface area contributed by atoms with Gasteiger partial charge in [0, 0.05) is 6.42 Å². The molecule has 0 aromatic carbocycles. The fourth-order valence-corrected chi connectivity index (χ4v) is 8.08. The molecule has 70 heavy (non-hydrogen) atoms. The van der Waals surface area contributed by atoms with E-state index in [0.717, 1.165) is 116 Å². The van der Waals surface area contributed by atoms with E-state index in [0.29, 0.717) is 23.9 Å². The van der Waals surface area contributed by atoms with Crippen LogP contribution in [0.5, 0.6) is 0 Å². The zero-order valence-electron chi connectivity index (χ0n) is 45.4. The Labute approximate surface area is 431 Å². The lowest BCUT2D eigenvalue weighted by Crippen LogP contribution is -2.46. The first-order valence-corrected chi connectivity index (χ1v) is 29.3. The van der Waals surface area contributed by atoms with Gasteiger partial charge in [0.2, 0.25) is 5.91 Å². The molecule has 0 saturated carbocycles. The van der Waals surface area contributed by atoms with Crippen LogP contribution in [-0.2, 0) is 18.4 Å². The van der Waals surface area contributed by atoms with Crippen LogP contribution in [0.25, 0.3) is 0 Å². The van der Waals surface area contributed by atoms with Gasteiger partial charge in [-0.05, 0) is 89.9 Å². The van der Waals surface area contributed by atoms with Gasteiger partial charge in [-0.3, -0.25) is 9.36 Å². The first-order chi connectivity index (χ1) is 34.0. The van der Waals surface area contributed by atoms with Crippen molar-refractivity contribution in [3.63, 3.8) is 0 Å². The van der Waals surface area contributed by atoms with E-state index in [2.05, 4.69) is 141 Å². The Balaban J connectivity index is 4.23. The average Bonchev–Trinajstić information content (AvgIpc) is 3.32. The Hall–Kier alpha value is -3.10. The third kappa shape index (κ3) is 52.7. The van der Waals surface area contributed by atoms with Crippen LogP contribution in [0.2, 0.25) is 0 Å². The summed E-state index contributed by atoms with van der Waals surface area (Å²) >= 11 is 0. The normalized spacial score (nSPS) is 14.9.